The SMILES string of the molecule is CCOC(=O)c1ccc(NC(=O)NC2CCC2)c(Br)c1. The van der Waals surface area contributed by atoms with Gasteiger partial charge in [0.25, 0.3) is 0 Å². The molecule has 0 bridgehead atoms. The first kappa shape index (κ1) is 14.8. The molecule has 6 heteroatoms. The number of ether oxygens (including phenoxy) is 1. The number of amides is 2. The first-order chi connectivity index (χ1) is 9.60. The van der Waals surface area contributed by atoms with E-state index in [9.17, 15) is 9.59 Å². The van der Waals surface area contributed by atoms with Gasteiger partial charge in [-0.05, 0) is 60.3 Å². The number of nitrogens with one attached hydrogen (secondary N) is 2. The summed E-state index contributed by atoms with van der Waals surface area (Å²) in [4.78, 5) is 23.3. The van der Waals surface area contributed by atoms with Gasteiger partial charge in [-0.2, -0.15) is 0 Å². The first-order valence-corrected chi connectivity index (χ1v) is 7.43. The minimum absolute atomic E-state index is 0.223. The van der Waals surface area contributed by atoms with E-state index >= 15 is 0 Å². The first-order valence-electron chi connectivity index (χ1n) is 6.64. The molecule has 1 aromatic rings. The van der Waals surface area contributed by atoms with Crippen LogP contribution in [0.25, 0.3) is 0 Å². The van der Waals surface area contributed by atoms with Gasteiger partial charge in [-0.1, -0.05) is 0 Å². The number of halogens is 1. The highest BCUT2D eigenvalue weighted by atomic mass is 79.9. The van der Waals surface area contributed by atoms with E-state index in [0.717, 1.165) is 12.8 Å². The molecule has 0 unspecified atom stereocenters. The fourth-order valence-electron chi connectivity index (χ4n) is 1.85. The number of carbonyl (C=O) groups is 2. The van der Waals surface area contributed by atoms with Crippen LogP contribution >= 0.6 is 15.9 Å². The van der Waals surface area contributed by atoms with E-state index in [1.165, 1.54) is 6.42 Å². The van der Waals surface area contributed by atoms with Crippen molar-refractivity contribution >= 4 is 33.6 Å². The molecule has 1 aliphatic carbocycles. The topological polar surface area (TPSA) is 67.4 Å². The summed E-state index contributed by atoms with van der Waals surface area (Å²) >= 11 is 3.34. The average molecular weight is 341 g/mol. The van der Waals surface area contributed by atoms with Gasteiger partial charge in [-0.15, -0.1) is 0 Å². The molecule has 2 rings (SSSR count). The number of urea groups is 1. The lowest BCUT2D eigenvalue weighted by Gasteiger charge is -2.26. The molecule has 0 aromatic heterocycles. The molecule has 0 saturated heterocycles. The molecule has 1 fully saturated rings. The molecule has 5 nitrogen and oxygen atoms in total. The Balaban J connectivity index is 1.98. The molecule has 2 N–H and O–H groups in total. The van der Waals surface area contributed by atoms with Gasteiger partial charge in [-0.25, -0.2) is 9.59 Å². The Morgan fingerprint density at radius 2 is 2.15 bits per heavy atom. The van der Waals surface area contributed by atoms with Crippen molar-refractivity contribution in [2.45, 2.75) is 32.2 Å². The summed E-state index contributed by atoms with van der Waals surface area (Å²) in [6, 6.07) is 5.00. The van der Waals surface area contributed by atoms with E-state index in [-0.39, 0.29) is 18.0 Å². The molecule has 2 amide bonds. The quantitative estimate of drug-likeness (QED) is 0.826. The smallest absolute Gasteiger partial charge is 0.338 e. The maximum atomic E-state index is 11.8. The third kappa shape index (κ3) is 3.72. The lowest BCUT2D eigenvalue weighted by molar-refractivity contribution is 0.0526. The Labute approximate surface area is 126 Å². The molecule has 1 aromatic carbocycles. The Morgan fingerprint density at radius 1 is 1.40 bits per heavy atom. The van der Waals surface area contributed by atoms with Gasteiger partial charge in [0.1, 0.15) is 0 Å². The van der Waals surface area contributed by atoms with E-state index in [1.807, 2.05) is 0 Å². The number of carbonyl (C=O) groups excluding carboxylic acids is 2. The van der Waals surface area contributed by atoms with Gasteiger partial charge >= 0.3 is 12.0 Å². The predicted octanol–water partition coefficient (Wildman–Crippen LogP) is 3.30. The Kier molecular flexibility index (Phi) is 5.00. The van der Waals surface area contributed by atoms with Gasteiger partial charge < -0.3 is 15.4 Å². The minimum Gasteiger partial charge on any atom is -0.462 e. The Hall–Kier alpha value is -1.56. The van der Waals surface area contributed by atoms with Crippen LogP contribution in [0.4, 0.5) is 10.5 Å². The summed E-state index contributed by atoms with van der Waals surface area (Å²) in [6.07, 6.45) is 3.25. The molecule has 1 saturated carbocycles. The molecule has 0 spiro atoms. The normalized spacial score (nSPS) is 14.3. The van der Waals surface area contributed by atoms with E-state index in [2.05, 4.69) is 26.6 Å². The molecule has 108 valence electrons. The lowest BCUT2D eigenvalue weighted by Crippen LogP contribution is -2.41. The monoisotopic (exact) mass is 340 g/mol. The molecule has 1 aliphatic rings. The number of benzene rings is 1. The molecular weight excluding hydrogens is 324 g/mol. The molecule has 20 heavy (non-hydrogen) atoms. The summed E-state index contributed by atoms with van der Waals surface area (Å²) in [5, 5.41) is 5.65. The van der Waals surface area contributed by atoms with Crippen LogP contribution in [-0.2, 0) is 4.74 Å². The summed E-state index contributed by atoms with van der Waals surface area (Å²) in [5.41, 5.74) is 1.07. The largest absolute Gasteiger partial charge is 0.462 e. The van der Waals surface area contributed by atoms with E-state index < -0.39 is 0 Å². The highest BCUT2D eigenvalue weighted by Crippen LogP contribution is 2.24. The maximum absolute atomic E-state index is 11.8. The predicted molar refractivity (Wildman–Crippen MR) is 79.9 cm³/mol. The van der Waals surface area contributed by atoms with Gasteiger partial charge in [0.15, 0.2) is 0 Å². The third-order valence-electron chi connectivity index (χ3n) is 3.17. The molecule has 0 heterocycles. The van der Waals surface area contributed by atoms with Gasteiger partial charge in [0.05, 0.1) is 17.9 Å². The van der Waals surface area contributed by atoms with Crippen LogP contribution in [0.3, 0.4) is 0 Å². The van der Waals surface area contributed by atoms with Crippen molar-refractivity contribution in [3.8, 4) is 0 Å². The lowest BCUT2D eigenvalue weighted by atomic mass is 9.93. The van der Waals surface area contributed by atoms with Crippen molar-refractivity contribution in [3.05, 3.63) is 28.2 Å². The number of hydrogen-bond donors (Lipinski definition) is 2. The second kappa shape index (κ2) is 6.74. The molecule has 0 atom stereocenters. The second-order valence-electron chi connectivity index (χ2n) is 4.64. The van der Waals surface area contributed by atoms with Crippen molar-refractivity contribution in [2.24, 2.45) is 0 Å². The highest BCUT2D eigenvalue weighted by Gasteiger charge is 2.19. The maximum Gasteiger partial charge on any atom is 0.338 e. The van der Waals surface area contributed by atoms with Crippen LogP contribution in [-0.4, -0.2) is 24.6 Å². The van der Waals surface area contributed by atoms with E-state index in [1.54, 1.807) is 25.1 Å². The fraction of sp³-hybridized carbons (Fsp3) is 0.429. The Bertz CT molecular complexity index is 515. The van der Waals surface area contributed by atoms with Crippen molar-refractivity contribution in [1.82, 2.24) is 5.32 Å². The van der Waals surface area contributed by atoms with Gasteiger partial charge in [-0.3, -0.25) is 0 Å². The molecule has 0 radical (unpaired) electrons. The zero-order chi connectivity index (χ0) is 14.5. The van der Waals surface area contributed by atoms with Crippen molar-refractivity contribution < 1.29 is 14.3 Å². The van der Waals surface area contributed by atoms with E-state index in [4.69, 9.17) is 4.74 Å². The zero-order valence-electron chi connectivity index (χ0n) is 11.2. The van der Waals surface area contributed by atoms with Crippen LogP contribution in [0, 0.1) is 0 Å². The average Bonchev–Trinajstić information content (AvgIpc) is 2.36. The number of esters is 1. The summed E-state index contributed by atoms with van der Waals surface area (Å²) in [7, 11) is 0. The van der Waals surface area contributed by atoms with Crippen molar-refractivity contribution in [3.63, 3.8) is 0 Å². The minimum atomic E-state index is -0.376. The molecule has 0 aliphatic heterocycles. The second-order valence-corrected chi connectivity index (χ2v) is 5.50. The van der Waals surface area contributed by atoms with Gasteiger partial charge in [0.2, 0.25) is 0 Å². The highest BCUT2D eigenvalue weighted by molar-refractivity contribution is 9.10. The summed E-state index contributed by atoms with van der Waals surface area (Å²) in [6.45, 7) is 2.09. The van der Waals surface area contributed by atoms with Crippen LogP contribution in [0.15, 0.2) is 22.7 Å². The van der Waals surface area contributed by atoms with Crippen molar-refractivity contribution in [2.75, 3.05) is 11.9 Å². The number of anilines is 1. The summed E-state index contributed by atoms with van der Waals surface area (Å²) in [5.74, 6) is -0.376. The summed E-state index contributed by atoms with van der Waals surface area (Å²) < 4.78 is 5.56. The van der Waals surface area contributed by atoms with Gasteiger partial charge in [0, 0.05) is 10.5 Å². The van der Waals surface area contributed by atoms with Crippen LogP contribution in [0.1, 0.15) is 36.5 Å². The fourth-order valence-corrected chi connectivity index (χ4v) is 2.33. The Morgan fingerprint density at radius 3 is 2.70 bits per heavy atom. The number of rotatable bonds is 4. The zero-order valence-corrected chi connectivity index (χ0v) is 12.8. The third-order valence-corrected chi connectivity index (χ3v) is 3.82. The van der Waals surface area contributed by atoms with Crippen LogP contribution < -0.4 is 10.6 Å². The van der Waals surface area contributed by atoms with E-state index in [0.29, 0.717) is 22.3 Å². The standard InChI is InChI=1S/C14H17BrN2O3/c1-2-20-13(18)9-6-7-12(11(15)8-9)17-14(19)16-10-4-3-5-10/h6-8,10H,2-5H2,1H3,(H2,16,17,19). The van der Waals surface area contributed by atoms with Crippen LogP contribution in [0.5, 0.6) is 0 Å². The van der Waals surface area contributed by atoms with Crippen molar-refractivity contribution in [1.29, 1.82) is 0 Å². The number of hydrogen-bond acceptors (Lipinski definition) is 3. The molecular formula is C14H17BrN2O3. The van der Waals surface area contributed by atoms with Crippen LogP contribution in [0.2, 0.25) is 0 Å².